The second-order valence-corrected chi connectivity index (χ2v) is 11.8. The highest BCUT2D eigenvalue weighted by Gasteiger charge is 2.07. The second kappa shape index (κ2) is 5.83. The molecule has 0 aliphatic rings. The van der Waals surface area contributed by atoms with E-state index in [-0.39, 0.29) is 0 Å². The van der Waals surface area contributed by atoms with Crippen LogP contribution in [0.4, 0.5) is 0 Å². The fourth-order valence-electron chi connectivity index (χ4n) is 0.712. The summed E-state index contributed by atoms with van der Waals surface area (Å²) in [7, 11) is 0. The van der Waals surface area contributed by atoms with E-state index in [1.807, 2.05) is 0 Å². The summed E-state index contributed by atoms with van der Waals surface area (Å²) in [4.78, 5) is 4.54. The zero-order chi connectivity index (χ0) is 9.14. The van der Waals surface area contributed by atoms with E-state index < -0.39 is 0 Å². The summed E-state index contributed by atoms with van der Waals surface area (Å²) in [5.74, 6) is 0. The first-order valence-corrected chi connectivity index (χ1v) is 8.12. The van der Waals surface area contributed by atoms with Crippen molar-refractivity contribution in [3.63, 3.8) is 0 Å². The van der Waals surface area contributed by atoms with Crippen molar-refractivity contribution in [1.82, 2.24) is 4.98 Å². The topological polar surface area (TPSA) is 12.9 Å². The zero-order valence-electron chi connectivity index (χ0n) is 5.85. The minimum Gasteiger partial charge on any atom is -0.254 e. The third-order valence-electron chi connectivity index (χ3n) is 1.24. The second-order valence-electron chi connectivity index (χ2n) is 2.09. The van der Waals surface area contributed by atoms with Gasteiger partial charge in [-0.25, -0.2) is 0 Å². The van der Waals surface area contributed by atoms with Crippen molar-refractivity contribution in [2.24, 2.45) is 0 Å². The Labute approximate surface area is 126 Å². The third kappa shape index (κ3) is 3.67. The highest BCUT2D eigenvalue weighted by Crippen LogP contribution is 2.33. The van der Waals surface area contributed by atoms with Gasteiger partial charge in [0.05, 0.1) is 11.4 Å². The molecular weight excluding hydrogens is 606 g/mol. The Morgan fingerprint density at radius 3 is 1.67 bits per heavy atom. The van der Waals surface area contributed by atoms with Gasteiger partial charge in [0.15, 0.2) is 0 Å². The van der Waals surface area contributed by atoms with Gasteiger partial charge in [0.2, 0.25) is 0 Å². The van der Waals surface area contributed by atoms with Gasteiger partial charge in [-0.3, -0.25) is 4.98 Å². The van der Waals surface area contributed by atoms with Gasteiger partial charge in [0.1, 0.15) is 3.86 Å². The van der Waals surface area contributed by atoms with E-state index in [1.165, 1.54) is 0 Å². The van der Waals surface area contributed by atoms with E-state index in [4.69, 9.17) is 0 Å². The Hall–Kier alpha value is 2.07. The molecule has 0 aliphatic carbocycles. The molecule has 5 heteroatoms. The van der Waals surface area contributed by atoms with E-state index in [1.54, 1.807) is 0 Å². The van der Waals surface area contributed by atoms with Crippen LogP contribution in [0.1, 0.15) is 15.3 Å². The standard InChI is InChI=1S/C7H5I4N/c8-6(9)4-2-1-3-5(12-4)7(10)11/h1-3,6-7H. The first kappa shape index (κ1) is 12.1. The molecule has 0 aliphatic heterocycles. The summed E-state index contributed by atoms with van der Waals surface area (Å²) in [6.45, 7) is 0. The summed E-state index contributed by atoms with van der Waals surface area (Å²) in [5, 5.41) is 0. The number of rotatable bonds is 2. The molecule has 0 N–H and O–H groups in total. The van der Waals surface area contributed by atoms with Crippen LogP contribution in [0.5, 0.6) is 0 Å². The lowest BCUT2D eigenvalue weighted by molar-refractivity contribution is 1.12. The molecular formula is C7H5I4N. The first-order valence-electron chi connectivity index (χ1n) is 3.14. The molecule has 0 aromatic carbocycles. The number of alkyl halides is 4. The number of hydrogen-bond donors (Lipinski definition) is 0. The molecule has 1 rings (SSSR count). The van der Waals surface area contributed by atoms with Crippen LogP contribution in [-0.2, 0) is 0 Å². The number of hydrogen-bond acceptors (Lipinski definition) is 1. The first-order chi connectivity index (χ1) is 5.61. The van der Waals surface area contributed by atoms with Crippen molar-refractivity contribution in [1.29, 1.82) is 0 Å². The van der Waals surface area contributed by atoms with Crippen molar-refractivity contribution in [3.8, 4) is 0 Å². The van der Waals surface area contributed by atoms with Crippen LogP contribution in [0.2, 0.25) is 0 Å². The molecule has 0 unspecified atom stereocenters. The predicted octanol–water partition coefficient (Wildman–Crippen LogP) is 4.82. The molecule has 1 aromatic rings. The van der Waals surface area contributed by atoms with Crippen molar-refractivity contribution in [3.05, 3.63) is 29.6 Å². The zero-order valence-corrected chi connectivity index (χ0v) is 14.5. The average Bonchev–Trinajstić information content (AvgIpc) is 2.04. The Bertz CT molecular complexity index is 238. The lowest BCUT2D eigenvalue weighted by Crippen LogP contribution is -1.92. The lowest BCUT2D eigenvalue weighted by atomic mass is 10.3. The van der Waals surface area contributed by atoms with Crippen LogP contribution in [0.25, 0.3) is 0 Å². The summed E-state index contributed by atoms with van der Waals surface area (Å²) in [5.41, 5.74) is 2.32. The fourth-order valence-corrected chi connectivity index (χ4v) is 2.10. The molecule has 0 bridgehead atoms. The van der Waals surface area contributed by atoms with Crippen LogP contribution in [0.3, 0.4) is 0 Å². The molecule has 1 heterocycles. The van der Waals surface area contributed by atoms with Crippen LogP contribution < -0.4 is 0 Å². The maximum Gasteiger partial charge on any atom is 0.104 e. The highest BCUT2D eigenvalue weighted by molar-refractivity contribution is 14.2. The Morgan fingerprint density at radius 2 is 1.33 bits per heavy atom. The van der Waals surface area contributed by atoms with Crippen LogP contribution in [0, 0.1) is 0 Å². The lowest BCUT2D eigenvalue weighted by Gasteiger charge is -2.05. The third-order valence-corrected chi connectivity index (χ3v) is 3.79. The summed E-state index contributed by atoms with van der Waals surface area (Å²) in [6, 6.07) is 6.22. The maximum atomic E-state index is 4.54. The molecule has 0 saturated heterocycles. The molecule has 0 atom stereocenters. The van der Waals surface area contributed by atoms with E-state index in [0.717, 1.165) is 11.4 Å². The average molecular weight is 611 g/mol. The predicted molar refractivity (Wildman–Crippen MR) is 85.8 cm³/mol. The van der Waals surface area contributed by atoms with Crippen molar-refractivity contribution in [2.75, 3.05) is 0 Å². The Morgan fingerprint density at radius 1 is 0.917 bits per heavy atom. The number of halogens is 4. The van der Waals surface area contributed by atoms with Gasteiger partial charge in [-0.15, -0.1) is 0 Å². The van der Waals surface area contributed by atoms with Crippen molar-refractivity contribution < 1.29 is 0 Å². The minimum atomic E-state index is 0.465. The van der Waals surface area contributed by atoms with Crippen molar-refractivity contribution >= 4 is 90.4 Å². The maximum absolute atomic E-state index is 4.54. The number of aromatic nitrogens is 1. The summed E-state index contributed by atoms with van der Waals surface area (Å²) in [6.07, 6.45) is 0. The quantitative estimate of drug-likeness (QED) is 0.346. The molecule has 0 spiro atoms. The van der Waals surface area contributed by atoms with E-state index >= 15 is 0 Å². The van der Waals surface area contributed by atoms with Gasteiger partial charge in [-0.1, -0.05) is 96.4 Å². The normalized spacial score (nSPS) is 11.2. The fraction of sp³-hybridized carbons (Fsp3) is 0.286. The minimum absolute atomic E-state index is 0.465. The SMILES string of the molecule is IC(I)c1cccc(C(I)I)n1. The molecule has 0 radical (unpaired) electrons. The number of pyridine rings is 1. The Balaban J connectivity index is 2.96. The summed E-state index contributed by atoms with van der Waals surface area (Å²) >= 11 is 9.47. The van der Waals surface area contributed by atoms with Crippen LogP contribution >= 0.6 is 90.4 Å². The largest absolute Gasteiger partial charge is 0.254 e. The monoisotopic (exact) mass is 611 g/mol. The molecule has 12 heavy (non-hydrogen) atoms. The van der Waals surface area contributed by atoms with Gasteiger partial charge in [0.25, 0.3) is 0 Å². The highest BCUT2D eigenvalue weighted by atomic mass is 127. The van der Waals surface area contributed by atoms with Crippen LogP contribution in [0.15, 0.2) is 18.2 Å². The molecule has 66 valence electrons. The van der Waals surface area contributed by atoms with E-state index in [0.29, 0.717) is 3.86 Å². The molecule has 0 amide bonds. The smallest absolute Gasteiger partial charge is 0.104 e. The van der Waals surface area contributed by atoms with Gasteiger partial charge in [-0.2, -0.15) is 0 Å². The molecule has 0 saturated carbocycles. The Kier molecular flexibility index (Phi) is 5.90. The number of nitrogens with zero attached hydrogens (tertiary/aromatic N) is 1. The van der Waals surface area contributed by atoms with Gasteiger partial charge in [0, 0.05) is 0 Å². The van der Waals surface area contributed by atoms with Gasteiger partial charge >= 0.3 is 0 Å². The molecule has 0 fully saturated rings. The molecule has 1 nitrogen and oxygen atoms in total. The van der Waals surface area contributed by atoms with Crippen molar-refractivity contribution in [2.45, 2.75) is 3.86 Å². The summed E-state index contributed by atoms with van der Waals surface area (Å²) < 4.78 is 0.929. The molecule has 1 aromatic heterocycles. The van der Waals surface area contributed by atoms with Gasteiger partial charge < -0.3 is 0 Å². The van der Waals surface area contributed by atoms with E-state index in [2.05, 4.69) is 114 Å². The van der Waals surface area contributed by atoms with Gasteiger partial charge in [-0.05, 0) is 12.1 Å². The van der Waals surface area contributed by atoms with E-state index in [9.17, 15) is 0 Å². The van der Waals surface area contributed by atoms with Crippen LogP contribution in [-0.4, -0.2) is 4.98 Å².